The second kappa shape index (κ2) is 11.4. The molecule has 3 aromatic carbocycles. The molecule has 0 unspecified atom stereocenters. The smallest absolute Gasteiger partial charge is 0.271 e. The molecule has 7 heteroatoms. The molecule has 0 spiro atoms. The number of halogens is 1. The number of nitrogens with one attached hydrogen (secondary N) is 1. The summed E-state index contributed by atoms with van der Waals surface area (Å²) >= 11 is 0. The Kier molecular flexibility index (Phi) is 7.65. The predicted molar refractivity (Wildman–Crippen MR) is 151 cm³/mol. The Bertz CT molecular complexity index is 1400. The average Bonchev–Trinajstić information content (AvgIpc) is 3.23. The van der Waals surface area contributed by atoms with Crippen molar-refractivity contribution in [2.24, 2.45) is 5.10 Å². The van der Waals surface area contributed by atoms with Gasteiger partial charge in [-0.15, -0.1) is 0 Å². The Hall–Kier alpha value is -4.23. The summed E-state index contributed by atoms with van der Waals surface area (Å²) in [4.78, 5) is 17.5. The topological polar surface area (TPSA) is 52.9 Å². The Morgan fingerprint density at radius 1 is 0.895 bits per heavy atom. The number of para-hydroxylation sites is 1. The summed E-state index contributed by atoms with van der Waals surface area (Å²) in [7, 11) is 0. The SMILES string of the molecule is Cc1cc(/C=N\NC(=O)c2ccc(CN3CCN(c4ccccc4)CC3)cc2)c(C)n1-c1ccc(F)cc1. The van der Waals surface area contributed by atoms with Crippen LogP contribution in [0.3, 0.4) is 0 Å². The van der Waals surface area contributed by atoms with Gasteiger partial charge in [-0.3, -0.25) is 9.69 Å². The number of hydrogen-bond donors (Lipinski definition) is 1. The maximum atomic E-state index is 13.3. The van der Waals surface area contributed by atoms with Crippen molar-refractivity contribution in [1.29, 1.82) is 0 Å². The lowest BCUT2D eigenvalue weighted by Gasteiger charge is -2.36. The number of piperazine rings is 1. The summed E-state index contributed by atoms with van der Waals surface area (Å²) in [6, 6.07) is 26.6. The minimum Gasteiger partial charge on any atom is -0.369 e. The lowest BCUT2D eigenvalue weighted by molar-refractivity contribution is 0.0955. The first-order chi connectivity index (χ1) is 18.5. The molecule has 1 aliphatic rings. The van der Waals surface area contributed by atoms with Gasteiger partial charge in [0.25, 0.3) is 5.91 Å². The number of carbonyl (C=O) groups is 1. The van der Waals surface area contributed by atoms with E-state index < -0.39 is 0 Å². The molecule has 0 saturated carbocycles. The molecule has 0 aliphatic carbocycles. The molecule has 6 nitrogen and oxygen atoms in total. The van der Waals surface area contributed by atoms with Crippen LogP contribution in [0.5, 0.6) is 0 Å². The number of aromatic nitrogens is 1. The highest BCUT2D eigenvalue weighted by atomic mass is 19.1. The molecule has 2 heterocycles. The van der Waals surface area contributed by atoms with Crippen molar-refractivity contribution >= 4 is 17.8 Å². The van der Waals surface area contributed by atoms with E-state index in [1.54, 1.807) is 18.3 Å². The number of anilines is 1. The molecule has 194 valence electrons. The van der Waals surface area contributed by atoms with E-state index in [-0.39, 0.29) is 11.7 Å². The fourth-order valence-corrected chi connectivity index (χ4v) is 4.95. The van der Waals surface area contributed by atoms with Crippen molar-refractivity contribution in [3.8, 4) is 5.69 Å². The van der Waals surface area contributed by atoms with E-state index in [1.165, 1.54) is 23.4 Å². The molecule has 1 N–H and O–H groups in total. The molecule has 0 radical (unpaired) electrons. The van der Waals surface area contributed by atoms with Crippen LogP contribution in [0, 0.1) is 19.7 Å². The van der Waals surface area contributed by atoms with E-state index in [0.29, 0.717) is 5.56 Å². The summed E-state index contributed by atoms with van der Waals surface area (Å²) < 4.78 is 15.3. The van der Waals surface area contributed by atoms with Gasteiger partial charge in [-0.1, -0.05) is 30.3 Å². The standard InChI is InChI=1S/C31H32FN5O/c1-23-20-27(24(2)37(23)30-14-12-28(32)13-15-30)21-33-34-31(38)26-10-8-25(9-11-26)22-35-16-18-36(19-17-35)29-6-4-3-5-7-29/h3-15,20-21H,16-19,22H2,1-2H3,(H,34,38)/b33-21-. The zero-order valence-electron chi connectivity index (χ0n) is 21.8. The minimum absolute atomic E-state index is 0.253. The summed E-state index contributed by atoms with van der Waals surface area (Å²) in [5, 5.41) is 4.18. The molecule has 5 rings (SSSR count). The molecule has 1 fully saturated rings. The van der Waals surface area contributed by atoms with Gasteiger partial charge in [-0.05, 0) is 74.0 Å². The van der Waals surface area contributed by atoms with E-state index in [9.17, 15) is 9.18 Å². The molecule has 1 saturated heterocycles. The van der Waals surface area contributed by atoms with Gasteiger partial charge in [0.2, 0.25) is 0 Å². The number of rotatable bonds is 7. The number of hydrazone groups is 1. The highest BCUT2D eigenvalue weighted by molar-refractivity contribution is 5.95. The molecule has 1 aliphatic heterocycles. The van der Waals surface area contributed by atoms with Crippen molar-refractivity contribution < 1.29 is 9.18 Å². The number of hydrogen-bond acceptors (Lipinski definition) is 4. The van der Waals surface area contributed by atoms with Crippen molar-refractivity contribution in [1.82, 2.24) is 14.9 Å². The number of nitrogens with zero attached hydrogens (tertiary/aromatic N) is 4. The normalized spacial score (nSPS) is 14.2. The van der Waals surface area contributed by atoms with Gasteiger partial charge in [-0.2, -0.15) is 5.10 Å². The van der Waals surface area contributed by atoms with Crippen LogP contribution in [-0.2, 0) is 6.54 Å². The highest BCUT2D eigenvalue weighted by Gasteiger charge is 2.17. The van der Waals surface area contributed by atoms with Gasteiger partial charge in [0.1, 0.15) is 5.82 Å². The molecule has 0 bridgehead atoms. The number of benzene rings is 3. The Morgan fingerprint density at radius 2 is 1.58 bits per heavy atom. The largest absolute Gasteiger partial charge is 0.369 e. The lowest BCUT2D eigenvalue weighted by Crippen LogP contribution is -2.45. The predicted octanol–water partition coefficient (Wildman–Crippen LogP) is 5.32. The van der Waals surface area contributed by atoms with Gasteiger partial charge in [0.05, 0.1) is 6.21 Å². The van der Waals surface area contributed by atoms with Crippen LogP contribution in [0.2, 0.25) is 0 Å². The van der Waals surface area contributed by atoms with Crippen LogP contribution < -0.4 is 10.3 Å². The lowest BCUT2D eigenvalue weighted by atomic mass is 10.1. The maximum Gasteiger partial charge on any atom is 0.271 e. The first kappa shape index (κ1) is 25.4. The highest BCUT2D eigenvalue weighted by Crippen LogP contribution is 2.20. The van der Waals surface area contributed by atoms with Crippen LogP contribution in [0.4, 0.5) is 10.1 Å². The Morgan fingerprint density at radius 3 is 2.26 bits per heavy atom. The third kappa shape index (κ3) is 5.84. The second-order valence-corrected chi connectivity index (χ2v) is 9.63. The quantitative estimate of drug-likeness (QED) is 0.271. The molecule has 38 heavy (non-hydrogen) atoms. The second-order valence-electron chi connectivity index (χ2n) is 9.63. The fourth-order valence-electron chi connectivity index (χ4n) is 4.95. The summed E-state index contributed by atoms with van der Waals surface area (Å²) in [6.45, 7) is 8.86. The van der Waals surface area contributed by atoms with Gasteiger partial charge in [-0.25, -0.2) is 9.82 Å². The molecular formula is C31H32FN5O. The van der Waals surface area contributed by atoms with E-state index in [0.717, 1.165) is 55.4 Å². The van der Waals surface area contributed by atoms with Crippen molar-refractivity contribution in [3.63, 3.8) is 0 Å². The number of carbonyl (C=O) groups excluding carboxylic acids is 1. The van der Waals surface area contributed by atoms with Crippen LogP contribution in [0.15, 0.2) is 90.0 Å². The first-order valence-electron chi connectivity index (χ1n) is 12.9. The first-order valence-corrected chi connectivity index (χ1v) is 12.9. The van der Waals surface area contributed by atoms with Gasteiger partial charge in [0, 0.05) is 66.6 Å². The van der Waals surface area contributed by atoms with Gasteiger partial charge >= 0.3 is 0 Å². The summed E-state index contributed by atoms with van der Waals surface area (Å²) in [6.07, 6.45) is 1.64. The zero-order chi connectivity index (χ0) is 26.5. The monoisotopic (exact) mass is 509 g/mol. The zero-order valence-corrected chi connectivity index (χ0v) is 21.8. The van der Waals surface area contributed by atoms with Crippen molar-refractivity contribution in [2.75, 3.05) is 31.1 Å². The Balaban J connectivity index is 1.14. The van der Waals surface area contributed by atoms with Crippen LogP contribution in [-0.4, -0.2) is 47.8 Å². The van der Waals surface area contributed by atoms with Crippen LogP contribution in [0.25, 0.3) is 5.69 Å². The van der Waals surface area contributed by atoms with Crippen LogP contribution >= 0.6 is 0 Å². The molecule has 0 atom stereocenters. The molecule has 4 aromatic rings. The number of aryl methyl sites for hydroxylation is 1. The Labute approximate surface area is 223 Å². The van der Waals surface area contributed by atoms with E-state index >= 15 is 0 Å². The van der Waals surface area contributed by atoms with Crippen molar-refractivity contribution in [3.05, 3.63) is 119 Å². The molecular weight excluding hydrogens is 477 g/mol. The fraction of sp³-hybridized carbons (Fsp3) is 0.226. The summed E-state index contributed by atoms with van der Waals surface area (Å²) in [5.41, 5.74) is 9.38. The van der Waals surface area contributed by atoms with E-state index in [1.807, 2.05) is 54.8 Å². The molecule has 1 aromatic heterocycles. The third-order valence-corrected chi connectivity index (χ3v) is 7.04. The average molecular weight is 510 g/mol. The van der Waals surface area contributed by atoms with E-state index in [4.69, 9.17) is 0 Å². The van der Waals surface area contributed by atoms with Crippen molar-refractivity contribution in [2.45, 2.75) is 20.4 Å². The minimum atomic E-state index is -0.268. The van der Waals surface area contributed by atoms with Gasteiger partial charge < -0.3 is 9.47 Å². The summed E-state index contributed by atoms with van der Waals surface area (Å²) in [5.74, 6) is -0.521. The third-order valence-electron chi connectivity index (χ3n) is 7.04. The molecule has 1 amide bonds. The number of amides is 1. The van der Waals surface area contributed by atoms with Gasteiger partial charge in [0.15, 0.2) is 0 Å². The maximum absolute atomic E-state index is 13.3. The van der Waals surface area contributed by atoms with E-state index in [2.05, 4.69) is 44.6 Å². The van der Waals surface area contributed by atoms with Crippen LogP contribution in [0.1, 0.15) is 32.9 Å².